The van der Waals surface area contributed by atoms with Gasteiger partial charge in [-0.2, -0.15) is 0 Å². The minimum Gasteiger partial charge on any atom is -0.469 e. The molecular weight excluding hydrogens is 140 g/mol. The van der Waals surface area contributed by atoms with Gasteiger partial charge in [0.25, 0.3) is 0 Å². The highest BCUT2D eigenvalue weighted by Crippen LogP contribution is 2.28. The lowest BCUT2D eigenvalue weighted by Crippen LogP contribution is -2.10. The fourth-order valence-corrected chi connectivity index (χ4v) is 1.40. The third-order valence-electron chi connectivity index (χ3n) is 2.01. The average molecular weight is 150 g/mol. The SMILES string of the molecule is O[C@H]1CC=C[C@H]1c1ccco1. The molecule has 11 heavy (non-hydrogen) atoms. The van der Waals surface area contributed by atoms with E-state index in [1.54, 1.807) is 6.26 Å². The molecule has 1 aliphatic rings. The molecule has 1 aromatic rings. The summed E-state index contributed by atoms with van der Waals surface area (Å²) in [6, 6.07) is 3.73. The van der Waals surface area contributed by atoms with Crippen LogP contribution in [0, 0.1) is 0 Å². The summed E-state index contributed by atoms with van der Waals surface area (Å²) in [6.07, 6.45) is 6.06. The summed E-state index contributed by atoms with van der Waals surface area (Å²) in [5.74, 6) is 0.927. The maximum absolute atomic E-state index is 9.44. The highest BCUT2D eigenvalue weighted by Gasteiger charge is 2.23. The molecule has 0 aliphatic heterocycles. The second kappa shape index (κ2) is 2.55. The van der Waals surface area contributed by atoms with Crippen LogP contribution in [-0.2, 0) is 0 Å². The lowest BCUT2D eigenvalue weighted by atomic mass is 10.0. The van der Waals surface area contributed by atoms with Crippen LogP contribution in [0.15, 0.2) is 35.0 Å². The lowest BCUT2D eigenvalue weighted by molar-refractivity contribution is 0.162. The van der Waals surface area contributed by atoms with Gasteiger partial charge >= 0.3 is 0 Å². The molecule has 1 aromatic heterocycles. The van der Waals surface area contributed by atoms with E-state index >= 15 is 0 Å². The van der Waals surface area contributed by atoms with Crippen molar-refractivity contribution in [3.05, 3.63) is 36.3 Å². The van der Waals surface area contributed by atoms with Crippen molar-refractivity contribution in [1.29, 1.82) is 0 Å². The molecule has 0 bridgehead atoms. The van der Waals surface area contributed by atoms with E-state index in [0.717, 1.165) is 12.2 Å². The largest absolute Gasteiger partial charge is 0.469 e. The number of rotatable bonds is 1. The highest BCUT2D eigenvalue weighted by atomic mass is 16.3. The zero-order chi connectivity index (χ0) is 7.68. The van der Waals surface area contributed by atoms with Crippen molar-refractivity contribution in [2.75, 3.05) is 0 Å². The van der Waals surface area contributed by atoms with Gasteiger partial charge in [0.1, 0.15) is 5.76 Å². The Bertz CT molecular complexity index is 249. The summed E-state index contributed by atoms with van der Waals surface area (Å²) in [6.45, 7) is 0. The standard InChI is InChI=1S/C9H10O2/c10-8-4-1-3-7(8)9-5-2-6-11-9/h1-3,5-8,10H,4H2/t7-,8+/m1/s1. The predicted molar refractivity (Wildman–Crippen MR) is 41.2 cm³/mol. The molecule has 1 N–H and O–H groups in total. The quantitative estimate of drug-likeness (QED) is 0.618. The van der Waals surface area contributed by atoms with Gasteiger partial charge in [-0.05, 0) is 18.6 Å². The fourth-order valence-electron chi connectivity index (χ4n) is 1.40. The van der Waals surface area contributed by atoms with E-state index < -0.39 is 0 Å². The Morgan fingerprint density at radius 3 is 3.00 bits per heavy atom. The minimum absolute atomic E-state index is 0.0741. The zero-order valence-electron chi connectivity index (χ0n) is 6.10. The topological polar surface area (TPSA) is 33.4 Å². The first kappa shape index (κ1) is 6.68. The summed E-state index contributed by atoms with van der Waals surface area (Å²) < 4.78 is 5.18. The first-order valence-corrected chi connectivity index (χ1v) is 3.76. The second-order valence-corrected chi connectivity index (χ2v) is 2.77. The normalized spacial score (nSPS) is 29.5. The van der Waals surface area contributed by atoms with Gasteiger partial charge in [0.15, 0.2) is 0 Å². The van der Waals surface area contributed by atoms with Crippen LogP contribution in [-0.4, -0.2) is 11.2 Å². The summed E-state index contributed by atoms with van der Waals surface area (Å²) >= 11 is 0. The molecule has 58 valence electrons. The van der Waals surface area contributed by atoms with Gasteiger partial charge in [-0.3, -0.25) is 0 Å². The van der Waals surface area contributed by atoms with Crippen LogP contribution >= 0.6 is 0 Å². The van der Waals surface area contributed by atoms with Crippen LogP contribution in [0.2, 0.25) is 0 Å². The molecule has 0 saturated heterocycles. The molecule has 0 spiro atoms. The third kappa shape index (κ3) is 1.10. The van der Waals surface area contributed by atoms with Crippen molar-refractivity contribution in [2.24, 2.45) is 0 Å². The number of hydrogen-bond donors (Lipinski definition) is 1. The van der Waals surface area contributed by atoms with Crippen LogP contribution < -0.4 is 0 Å². The molecule has 2 heteroatoms. The van der Waals surface area contributed by atoms with E-state index in [1.165, 1.54) is 0 Å². The molecule has 0 radical (unpaired) electrons. The van der Waals surface area contributed by atoms with E-state index in [2.05, 4.69) is 0 Å². The Labute approximate surface area is 65.1 Å². The Balaban J connectivity index is 2.23. The zero-order valence-corrected chi connectivity index (χ0v) is 6.10. The summed E-state index contributed by atoms with van der Waals surface area (Å²) in [4.78, 5) is 0. The molecule has 0 aromatic carbocycles. The summed E-state index contributed by atoms with van der Waals surface area (Å²) in [5.41, 5.74) is 0. The van der Waals surface area contributed by atoms with E-state index in [-0.39, 0.29) is 12.0 Å². The second-order valence-electron chi connectivity index (χ2n) is 2.77. The molecule has 2 atom stereocenters. The maximum atomic E-state index is 9.44. The first-order chi connectivity index (χ1) is 5.38. The van der Waals surface area contributed by atoms with Crippen molar-refractivity contribution in [3.63, 3.8) is 0 Å². The molecule has 0 fully saturated rings. The Morgan fingerprint density at radius 2 is 2.45 bits per heavy atom. The molecule has 0 amide bonds. The molecule has 0 unspecified atom stereocenters. The van der Waals surface area contributed by atoms with Crippen LogP contribution in [0.4, 0.5) is 0 Å². The van der Waals surface area contributed by atoms with Crippen LogP contribution in [0.25, 0.3) is 0 Å². The van der Waals surface area contributed by atoms with E-state index in [4.69, 9.17) is 4.42 Å². The molecule has 0 saturated carbocycles. The lowest BCUT2D eigenvalue weighted by Gasteiger charge is -2.09. The monoisotopic (exact) mass is 150 g/mol. The van der Waals surface area contributed by atoms with Crippen LogP contribution in [0.1, 0.15) is 18.1 Å². The van der Waals surface area contributed by atoms with Gasteiger partial charge in [0.2, 0.25) is 0 Å². The van der Waals surface area contributed by atoms with Crippen molar-refractivity contribution in [2.45, 2.75) is 18.4 Å². The third-order valence-corrected chi connectivity index (χ3v) is 2.01. The van der Waals surface area contributed by atoms with Crippen molar-refractivity contribution in [3.8, 4) is 0 Å². The van der Waals surface area contributed by atoms with E-state index in [1.807, 2.05) is 24.3 Å². The number of furan rings is 1. The molecule has 2 nitrogen and oxygen atoms in total. The number of aliphatic hydroxyl groups excluding tert-OH is 1. The van der Waals surface area contributed by atoms with Crippen molar-refractivity contribution >= 4 is 0 Å². The van der Waals surface area contributed by atoms with Gasteiger partial charge in [0, 0.05) is 0 Å². The maximum Gasteiger partial charge on any atom is 0.113 e. The average Bonchev–Trinajstić information content (AvgIpc) is 2.55. The van der Waals surface area contributed by atoms with E-state index in [9.17, 15) is 5.11 Å². The van der Waals surface area contributed by atoms with Crippen molar-refractivity contribution in [1.82, 2.24) is 0 Å². The molecular formula is C9H10O2. The predicted octanol–water partition coefficient (Wildman–Crippen LogP) is 1.68. The van der Waals surface area contributed by atoms with Gasteiger partial charge in [-0.25, -0.2) is 0 Å². The Hall–Kier alpha value is -1.02. The van der Waals surface area contributed by atoms with Crippen molar-refractivity contribution < 1.29 is 9.52 Å². The van der Waals surface area contributed by atoms with Crippen LogP contribution in [0.5, 0.6) is 0 Å². The van der Waals surface area contributed by atoms with Gasteiger partial charge < -0.3 is 9.52 Å². The minimum atomic E-state index is -0.291. The Kier molecular flexibility index (Phi) is 1.55. The Morgan fingerprint density at radius 1 is 1.55 bits per heavy atom. The molecule has 1 heterocycles. The van der Waals surface area contributed by atoms with Gasteiger partial charge in [-0.1, -0.05) is 12.2 Å². The molecule has 2 rings (SSSR count). The molecule has 1 aliphatic carbocycles. The smallest absolute Gasteiger partial charge is 0.113 e. The number of hydrogen-bond acceptors (Lipinski definition) is 2. The highest BCUT2D eigenvalue weighted by molar-refractivity contribution is 5.19. The van der Waals surface area contributed by atoms with Gasteiger partial charge in [0.05, 0.1) is 18.3 Å². The van der Waals surface area contributed by atoms with E-state index in [0.29, 0.717) is 0 Å². The fraction of sp³-hybridized carbons (Fsp3) is 0.333. The van der Waals surface area contributed by atoms with Gasteiger partial charge in [-0.15, -0.1) is 0 Å². The summed E-state index contributed by atoms with van der Waals surface area (Å²) in [7, 11) is 0. The van der Waals surface area contributed by atoms with Crippen LogP contribution in [0.3, 0.4) is 0 Å². The first-order valence-electron chi connectivity index (χ1n) is 3.76. The number of aliphatic hydroxyl groups is 1. The summed E-state index contributed by atoms with van der Waals surface area (Å²) in [5, 5.41) is 9.44.